The first-order chi connectivity index (χ1) is 10.2. The van der Waals surface area contributed by atoms with E-state index in [0.717, 1.165) is 5.56 Å². The van der Waals surface area contributed by atoms with E-state index in [4.69, 9.17) is 0 Å². The zero-order valence-electron chi connectivity index (χ0n) is 12.1. The van der Waals surface area contributed by atoms with Gasteiger partial charge in [-0.2, -0.15) is 0 Å². The van der Waals surface area contributed by atoms with E-state index in [1.807, 2.05) is 37.6 Å². The Morgan fingerprint density at radius 2 is 1.86 bits per heavy atom. The Morgan fingerprint density at radius 1 is 1.19 bits per heavy atom. The van der Waals surface area contributed by atoms with Gasteiger partial charge in [0.25, 0.3) is 5.69 Å². The maximum atomic E-state index is 11.1. The molecule has 0 saturated carbocycles. The van der Waals surface area contributed by atoms with Gasteiger partial charge in [0.15, 0.2) is 0 Å². The van der Waals surface area contributed by atoms with Crippen LogP contribution in [0.15, 0.2) is 53.4 Å². The van der Waals surface area contributed by atoms with Gasteiger partial charge >= 0.3 is 0 Å². The standard InChI is InChI=1S/C16H18N2O2S/c1-17-14(13-8-4-6-10-16(13)21-2)11-12-7-3-5-9-15(12)18(19)20/h3-10,14,17H,11H2,1-2H3. The molecule has 1 N–H and O–H groups in total. The lowest BCUT2D eigenvalue weighted by Gasteiger charge is -2.19. The molecular formula is C16H18N2O2S. The zero-order valence-corrected chi connectivity index (χ0v) is 12.9. The molecule has 2 aromatic rings. The average Bonchev–Trinajstić information content (AvgIpc) is 2.52. The van der Waals surface area contributed by atoms with Crippen LogP contribution in [0.3, 0.4) is 0 Å². The molecule has 0 aliphatic carbocycles. The molecule has 0 heterocycles. The van der Waals surface area contributed by atoms with Gasteiger partial charge in [0.2, 0.25) is 0 Å². The third kappa shape index (κ3) is 3.62. The molecule has 0 spiro atoms. The Morgan fingerprint density at radius 3 is 2.52 bits per heavy atom. The molecule has 4 nitrogen and oxygen atoms in total. The highest BCUT2D eigenvalue weighted by Gasteiger charge is 2.19. The van der Waals surface area contributed by atoms with Crippen molar-refractivity contribution in [3.8, 4) is 0 Å². The van der Waals surface area contributed by atoms with Crippen LogP contribution in [0.4, 0.5) is 5.69 Å². The van der Waals surface area contributed by atoms with Crippen molar-refractivity contribution in [2.45, 2.75) is 17.4 Å². The Hall–Kier alpha value is -1.85. The molecule has 5 heteroatoms. The molecule has 110 valence electrons. The predicted octanol–water partition coefficient (Wildman–Crippen LogP) is 3.82. The minimum absolute atomic E-state index is 0.0507. The number of thioether (sulfide) groups is 1. The Kier molecular flexibility index (Phi) is 5.36. The van der Waals surface area contributed by atoms with Gasteiger partial charge in [-0.15, -0.1) is 11.8 Å². The summed E-state index contributed by atoms with van der Waals surface area (Å²) in [6.07, 6.45) is 2.63. The largest absolute Gasteiger partial charge is 0.313 e. The fourth-order valence-corrected chi connectivity index (χ4v) is 3.06. The number of hydrogen-bond acceptors (Lipinski definition) is 4. The van der Waals surface area contributed by atoms with Crippen molar-refractivity contribution in [2.75, 3.05) is 13.3 Å². The van der Waals surface area contributed by atoms with E-state index < -0.39 is 0 Å². The fraction of sp³-hybridized carbons (Fsp3) is 0.250. The first-order valence-electron chi connectivity index (χ1n) is 6.69. The average molecular weight is 302 g/mol. The van der Waals surface area contributed by atoms with Crippen LogP contribution in [0.2, 0.25) is 0 Å². The van der Waals surface area contributed by atoms with E-state index in [1.54, 1.807) is 23.9 Å². The van der Waals surface area contributed by atoms with Crippen LogP contribution in [0.25, 0.3) is 0 Å². The maximum absolute atomic E-state index is 11.1. The highest BCUT2D eigenvalue weighted by Crippen LogP contribution is 2.30. The minimum atomic E-state index is -0.317. The third-order valence-electron chi connectivity index (χ3n) is 3.48. The van der Waals surface area contributed by atoms with Crippen molar-refractivity contribution in [3.05, 3.63) is 69.8 Å². The molecule has 0 fully saturated rings. The number of para-hydroxylation sites is 1. The third-order valence-corrected chi connectivity index (χ3v) is 4.29. The second-order valence-corrected chi connectivity index (χ2v) is 5.52. The molecular weight excluding hydrogens is 284 g/mol. The number of rotatable bonds is 6. The minimum Gasteiger partial charge on any atom is -0.313 e. The number of nitro benzene ring substituents is 1. The van der Waals surface area contributed by atoms with Crippen LogP contribution in [0.5, 0.6) is 0 Å². The molecule has 1 atom stereocenters. The van der Waals surface area contributed by atoms with Gasteiger partial charge in [-0.25, -0.2) is 0 Å². The monoisotopic (exact) mass is 302 g/mol. The summed E-state index contributed by atoms with van der Waals surface area (Å²) in [6, 6.07) is 15.1. The Labute approximate surface area is 128 Å². The molecule has 1 unspecified atom stereocenters. The SMILES string of the molecule is CNC(Cc1ccccc1[N+](=O)[O-])c1ccccc1SC. The number of nitrogens with one attached hydrogen (secondary N) is 1. The first kappa shape index (κ1) is 15.5. The van der Waals surface area contributed by atoms with Gasteiger partial charge in [-0.1, -0.05) is 36.4 Å². The van der Waals surface area contributed by atoms with Crippen LogP contribution >= 0.6 is 11.8 Å². The van der Waals surface area contributed by atoms with Crippen molar-refractivity contribution in [1.29, 1.82) is 0 Å². The lowest BCUT2D eigenvalue weighted by Crippen LogP contribution is -2.20. The van der Waals surface area contributed by atoms with E-state index in [9.17, 15) is 10.1 Å². The summed E-state index contributed by atoms with van der Waals surface area (Å²) in [5.74, 6) is 0. The van der Waals surface area contributed by atoms with Gasteiger partial charge in [0.1, 0.15) is 0 Å². The predicted molar refractivity (Wildman–Crippen MR) is 86.8 cm³/mol. The summed E-state index contributed by atoms with van der Waals surface area (Å²) in [6.45, 7) is 0. The second kappa shape index (κ2) is 7.24. The van der Waals surface area contributed by atoms with Gasteiger partial charge in [0, 0.05) is 22.6 Å². The second-order valence-electron chi connectivity index (χ2n) is 4.67. The van der Waals surface area contributed by atoms with E-state index in [0.29, 0.717) is 6.42 Å². The molecule has 0 bridgehead atoms. The molecule has 0 radical (unpaired) electrons. The number of likely N-dealkylation sites (N-methyl/N-ethyl adjacent to an activating group) is 1. The van der Waals surface area contributed by atoms with Gasteiger partial charge in [-0.05, 0) is 31.4 Å². The highest BCUT2D eigenvalue weighted by atomic mass is 32.2. The van der Waals surface area contributed by atoms with Crippen LogP contribution in [0, 0.1) is 10.1 Å². The highest BCUT2D eigenvalue weighted by molar-refractivity contribution is 7.98. The summed E-state index contributed by atoms with van der Waals surface area (Å²) >= 11 is 1.69. The summed E-state index contributed by atoms with van der Waals surface area (Å²) in [5, 5.41) is 14.4. The van der Waals surface area contributed by atoms with Crippen LogP contribution < -0.4 is 5.32 Å². The van der Waals surface area contributed by atoms with Crippen molar-refractivity contribution in [2.24, 2.45) is 0 Å². The molecule has 0 aliphatic heterocycles. The van der Waals surface area contributed by atoms with E-state index in [1.165, 1.54) is 10.5 Å². The Bertz CT molecular complexity index is 631. The lowest BCUT2D eigenvalue weighted by atomic mass is 9.98. The normalized spacial score (nSPS) is 12.1. The number of nitro groups is 1. The molecule has 2 aromatic carbocycles. The topological polar surface area (TPSA) is 55.2 Å². The molecule has 0 saturated heterocycles. The van der Waals surface area contributed by atoms with Crippen molar-refractivity contribution < 1.29 is 4.92 Å². The van der Waals surface area contributed by atoms with E-state index >= 15 is 0 Å². The molecule has 0 amide bonds. The van der Waals surface area contributed by atoms with Crippen molar-refractivity contribution in [1.82, 2.24) is 5.32 Å². The maximum Gasteiger partial charge on any atom is 0.272 e. The van der Waals surface area contributed by atoms with Crippen LogP contribution in [0.1, 0.15) is 17.2 Å². The van der Waals surface area contributed by atoms with Gasteiger partial charge in [-0.3, -0.25) is 10.1 Å². The van der Waals surface area contributed by atoms with E-state index in [-0.39, 0.29) is 16.7 Å². The van der Waals surface area contributed by atoms with E-state index in [2.05, 4.69) is 17.4 Å². The van der Waals surface area contributed by atoms with Gasteiger partial charge < -0.3 is 5.32 Å². The molecule has 0 aliphatic rings. The summed E-state index contributed by atoms with van der Waals surface area (Å²) in [5.41, 5.74) is 2.10. The Balaban J connectivity index is 2.34. The van der Waals surface area contributed by atoms with Gasteiger partial charge in [0.05, 0.1) is 4.92 Å². The molecule has 21 heavy (non-hydrogen) atoms. The van der Waals surface area contributed by atoms with Crippen molar-refractivity contribution >= 4 is 17.4 Å². The zero-order chi connectivity index (χ0) is 15.2. The summed E-state index contributed by atoms with van der Waals surface area (Å²) in [7, 11) is 1.89. The quantitative estimate of drug-likeness (QED) is 0.501. The lowest BCUT2D eigenvalue weighted by molar-refractivity contribution is -0.385. The smallest absolute Gasteiger partial charge is 0.272 e. The first-order valence-corrected chi connectivity index (χ1v) is 7.92. The van der Waals surface area contributed by atoms with Crippen LogP contribution in [-0.2, 0) is 6.42 Å². The fourth-order valence-electron chi connectivity index (χ4n) is 2.40. The molecule has 0 aromatic heterocycles. The van der Waals surface area contributed by atoms with Crippen LogP contribution in [-0.4, -0.2) is 18.2 Å². The summed E-state index contributed by atoms with van der Waals surface area (Å²) < 4.78 is 0. The van der Waals surface area contributed by atoms with Crippen molar-refractivity contribution in [3.63, 3.8) is 0 Å². The number of nitrogens with zero attached hydrogens (tertiary/aromatic N) is 1. The summed E-state index contributed by atoms with van der Waals surface area (Å²) in [4.78, 5) is 12.0. The number of benzene rings is 2. The number of hydrogen-bond donors (Lipinski definition) is 1. The molecule has 2 rings (SSSR count).